The maximum absolute atomic E-state index is 5.99. The number of hydrogen-bond acceptors (Lipinski definition) is 1. The maximum atomic E-state index is 5.99. The molecule has 0 radical (unpaired) electrons. The zero-order valence-corrected chi connectivity index (χ0v) is 10.8. The molecule has 0 aliphatic heterocycles. The topological polar surface area (TPSA) is 12.9 Å². The molecule has 3 aromatic rings. The molecule has 0 fully saturated rings. The van der Waals surface area contributed by atoms with Gasteiger partial charge in [0.25, 0.3) is 0 Å². The number of fused-ring (bicyclic) bond motifs is 1. The molecule has 1 nitrogen and oxygen atoms in total. The zero-order chi connectivity index (χ0) is 12.5. The molecule has 0 bridgehead atoms. The predicted octanol–water partition coefficient (Wildman–Crippen LogP) is 4.86. The van der Waals surface area contributed by atoms with Crippen LogP contribution in [0.5, 0.6) is 0 Å². The van der Waals surface area contributed by atoms with Gasteiger partial charge in [0.1, 0.15) is 0 Å². The predicted molar refractivity (Wildman–Crippen MR) is 76.9 cm³/mol. The number of pyridine rings is 1. The number of halogens is 1. The van der Waals surface area contributed by atoms with Gasteiger partial charge < -0.3 is 0 Å². The highest BCUT2D eigenvalue weighted by Crippen LogP contribution is 2.28. The highest BCUT2D eigenvalue weighted by atomic mass is 35.5. The van der Waals surface area contributed by atoms with Crippen molar-refractivity contribution in [3.8, 4) is 11.1 Å². The Balaban J connectivity index is 2.19. The molecule has 2 aromatic carbocycles. The molecule has 0 atom stereocenters. The summed E-state index contributed by atoms with van der Waals surface area (Å²) in [5.74, 6) is 0. The largest absolute Gasteiger partial charge is 0.264 e. The van der Waals surface area contributed by atoms with Gasteiger partial charge in [0, 0.05) is 22.8 Å². The van der Waals surface area contributed by atoms with E-state index >= 15 is 0 Å². The van der Waals surface area contributed by atoms with E-state index in [1.807, 2.05) is 30.6 Å². The first-order chi connectivity index (χ1) is 8.74. The van der Waals surface area contributed by atoms with Crippen LogP contribution in [-0.2, 0) is 0 Å². The van der Waals surface area contributed by atoms with Gasteiger partial charge in [-0.3, -0.25) is 4.98 Å². The third-order valence-electron chi connectivity index (χ3n) is 3.14. The van der Waals surface area contributed by atoms with Crippen LogP contribution in [0.25, 0.3) is 21.9 Å². The molecule has 0 spiro atoms. The third-order valence-corrected chi connectivity index (χ3v) is 3.38. The first-order valence-electron chi connectivity index (χ1n) is 5.84. The van der Waals surface area contributed by atoms with Crippen molar-refractivity contribution in [1.82, 2.24) is 4.98 Å². The van der Waals surface area contributed by atoms with Gasteiger partial charge in [-0.25, -0.2) is 0 Å². The molecule has 0 unspecified atom stereocenters. The van der Waals surface area contributed by atoms with E-state index in [0.717, 1.165) is 10.4 Å². The minimum Gasteiger partial charge on any atom is -0.264 e. The van der Waals surface area contributed by atoms with Gasteiger partial charge in [-0.05, 0) is 53.3 Å². The van der Waals surface area contributed by atoms with Gasteiger partial charge in [-0.2, -0.15) is 0 Å². The van der Waals surface area contributed by atoms with Gasteiger partial charge in [0.15, 0.2) is 0 Å². The second-order valence-electron chi connectivity index (χ2n) is 4.40. The zero-order valence-electron chi connectivity index (χ0n) is 10.0. The van der Waals surface area contributed by atoms with E-state index in [1.54, 1.807) is 0 Å². The Morgan fingerprint density at radius 2 is 1.83 bits per heavy atom. The Morgan fingerprint density at radius 1 is 0.944 bits per heavy atom. The summed E-state index contributed by atoms with van der Waals surface area (Å²) in [6.07, 6.45) is 3.71. The lowest BCUT2D eigenvalue weighted by molar-refractivity contribution is 1.36. The van der Waals surface area contributed by atoms with Crippen LogP contribution in [0.15, 0.2) is 54.9 Å². The number of rotatable bonds is 1. The summed E-state index contributed by atoms with van der Waals surface area (Å²) in [5, 5.41) is 3.14. The van der Waals surface area contributed by atoms with Gasteiger partial charge in [0.2, 0.25) is 0 Å². The summed E-state index contributed by atoms with van der Waals surface area (Å²) in [6.45, 7) is 2.08. The molecule has 0 N–H and O–H groups in total. The average Bonchev–Trinajstić information content (AvgIpc) is 2.38. The molecular formula is C16H12ClN. The number of hydrogen-bond donors (Lipinski definition) is 0. The molecule has 0 aliphatic carbocycles. The van der Waals surface area contributed by atoms with E-state index in [4.69, 9.17) is 11.6 Å². The number of aromatic nitrogens is 1. The van der Waals surface area contributed by atoms with Gasteiger partial charge in [-0.1, -0.05) is 29.8 Å². The van der Waals surface area contributed by atoms with Crippen molar-refractivity contribution in [2.24, 2.45) is 0 Å². The fraction of sp³-hybridized carbons (Fsp3) is 0.0625. The van der Waals surface area contributed by atoms with Crippen molar-refractivity contribution in [3.05, 3.63) is 65.4 Å². The number of benzene rings is 2. The summed E-state index contributed by atoms with van der Waals surface area (Å²) >= 11 is 5.99. The van der Waals surface area contributed by atoms with E-state index in [9.17, 15) is 0 Å². The third kappa shape index (κ3) is 1.98. The second kappa shape index (κ2) is 4.43. The summed E-state index contributed by atoms with van der Waals surface area (Å²) in [5.41, 5.74) is 3.60. The molecule has 0 amide bonds. The Hall–Kier alpha value is -1.86. The van der Waals surface area contributed by atoms with Crippen molar-refractivity contribution in [2.45, 2.75) is 6.92 Å². The van der Waals surface area contributed by atoms with Crippen LogP contribution in [0.3, 0.4) is 0 Å². The summed E-state index contributed by atoms with van der Waals surface area (Å²) in [4.78, 5) is 4.16. The standard InChI is InChI=1S/C16H12ClN/c1-11-8-15(17)4-5-16(11)13-3-2-12-6-7-18-10-14(12)9-13/h2-10H,1H3. The Bertz CT molecular complexity index is 719. The molecule has 2 heteroatoms. The smallest absolute Gasteiger partial charge is 0.0409 e. The van der Waals surface area contributed by atoms with Crippen LogP contribution in [0.4, 0.5) is 0 Å². The highest BCUT2D eigenvalue weighted by Gasteiger charge is 2.03. The summed E-state index contributed by atoms with van der Waals surface area (Å²) in [7, 11) is 0. The molecule has 1 heterocycles. The first kappa shape index (κ1) is 11.2. The molecule has 3 rings (SSSR count). The Morgan fingerprint density at radius 3 is 2.67 bits per heavy atom. The molecule has 0 aliphatic rings. The lowest BCUT2D eigenvalue weighted by Gasteiger charge is -2.07. The van der Waals surface area contributed by atoms with Crippen LogP contribution in [-0.4, -0.2) is 4.98 Å². The van der Waals surface area contributed by atoms with Crippen molar-refractivity contribution in [2.75, 3.05) is 0 Å². The van der Waals surface area contributed by atoms with E-state index in [2.05, 4.69) is 36.2 Å². The van der Waals surface area contributed by atoms with Gasteiger partial charge in [-0.15, -0.1) is 0 Å². The Labute approximate surface area is 111 Å². The lowest BCUT2D eigenvalue weighted by Crippen LogP contribution is -1.84. The van der Waals surface area contributed by atoms with Gasteiger partial charge >= 0.3 is 0 Å². The van der Waals surface area contributed by atoms with Crippen LogP contribution in [0.1, 0.15) is 5.56 Å². The van der Waals surface area contributed by atoms with Crippen LogP contribution in [0, 0.1) is 6.92 Å². The van der Waals surface area contributed by atoms with Gasteiger partial charge in [0.05, 0.1) is 0 Å². The quantitative estimate of drug-likeness (QED) is 0.603. The molecular weight excluding hydrogens is 242 g/mol. The van der Waals surface area contributed by atoms with E-state index in [-0.39, 0.29) is 0 Å². The highest BCUT2D eigenvalue weighted by molar-refractivity contribution is 6.30. The summed E-state index contributed by atoms with van der Waals surface area (Å²) < 4.78 is 0. The average molecular weight is 254 g/mol. The van der Waals surface area contributed by atoms with E-state index in [0.29, 0.717) is 0 Å². The Kier molecular flexibility index (Phi) is 2.77. The molecule has 0 saturated carbocycles. The van der Waals surface area contributed by atoms with Crippen LogP contribution >= 0.6 is 11.6 Å². The normalized spacial score (nSPS) is 10.8. The minimum absolute atomic E-state index is 0.777. The maximum Gasteiger partial charge on any atom is 0.0409 e. The second-order valence-corrected chi connectivity index (χ2v) is 4.83. The van der Waals surface area contributed by atoms with Crippen molar-refractivity contribution < 1.29 is 0 Å². The minimum atomic E-state index is 0.777. The van der Waals surface area contributed by atoms with Crippen LogP contribution < -0.4 is 0 Å². The lowest BCUT2D eigenvalue weighted by atomic mass is 9.98. The van der Waals surface area contributed by atoms with Crippen LogP contribution in [0.2, 0.25) is 5.02 Å². The fourth-order valence-corrected chi connectivity index (χ4v) is 2.43. The number of nitrogens with zero attached hydrogens (tertiary/aromatic N) is 1. The van der Waals surface area contributed by atoms with Crippen molar-refractivity contribution >= 4 is 22.4 Å². The fourth-order valence-electron chi connectivity index (χ4n) is 2.20. The number of aryl methyl sites for hydroxylation is 1. The van der Waals surface area contributed by atoms with E-state index in [1.165, 1.54) is 22.1 Å². The first-order valence-corrected chi connectivity index (χ1v) is 6.22. The van der Waals surface area contributed by atoms with Crippen molar-refractivity contribution in [1.29, 1.82) is 0 Å². The SMILES string of the molecule is Cc1cc(Cl)ccc1-c1ccc2ccncc2c1. The monoisotopic (exact) mass is 253 g/mol. The molecule has 1 aromatic heterocycles. The molecule has 0 saturated heterocycles. The van der Waals surface area contributed by atoms with E-state index < -0.39 is 0 Å². The molecule has 88 valence electrons. The van der Waals surface area contributed by atoms with Crippen molar-refractivity contribution in [3.63, 3.8) is 0 Å². The summed E-state index contributed by atoms with van der Waals surface area (Å²) in [6, 6.07) is 14.4. The molecule has 18 heavy (non-hydrogen) atoms.